The highest BCUT2D eigenvalue weighted by Crippen LogP contribution is 2.35. The van der Waals surface area contributed by atoms with Gasteiger partial charge in [0.15, 0.2) is 0 Å². The van der Waals surface area contributed by atoms with Crippen LogP contribution < -0.4 is 10.9 Å². The molecule has 0 saturated heterocycles. The van der Waals surface area contributed by atoms with E-state index in [1.807, 2.05) is 39.0 Å². The van der Waals surface area contributed by atoms with Crippen molar-refractivity contribution in [3.63, 3.8) is 0 Å². The maximum atomic E-state index is 13.5. The van der Waals surface area contributed by atoms with Crippen molar-refractivity contribution in [1.82, 2.24) is 9.55 Å². The summed E-state index contributed by atoms with van der Waals surface area (Å²) in [5, 5.41) is 3.50. The zero-order chi connectivity index (χ0) is 23.7. The van der Waals surface area contributed by atoms with Crippen molar-refractivity contribution in [2.75, 3.05) is 5.32 Å². The summed E-state index contributed by atoms with van der Waals surface area (Å²) in [6.45, 7) is 7.71. The highest BCUT2D eigenvalue weighted by atomic mass is 32.1. The Balaban J connectivity index is 1.76. The number of nitrogens with one attached hydrogen (secondary N) is 1. The van der Waals surface area contributed by atoms with Gasteiger partial charge >= 0.3 is 0 Å². The van der Waals surface area contributed by atoms with Crippen LogP contribution in [-0.2, 0) is 17.6 Å². The third kappa shape index (κ3) is 4.20. The Morgan fingerprint density at radius 3 is 2.36 bits per heavy atom. The SMILES string of the molecule is CCc1cccc(CC)c1NC(=O)[C@@H](C)n1cnc2sc(C)c(-c3ccc(F)cc3)c2c1=O. The van der Waals surface area contributed by atoms with Crippen LogP contribution in [0.15, 0.2) is 53.6 Å². The first-order valence-corrected chi connectivity index (χ1v) is 11.8. The second-order valence-corrected chi connectivity index (χ2v) is 9.20. The molecule has 1 N–H and O–H groups in total. The molecule has 0 saturated carbocycles. The van der Waals surface area contributed by atoms with Crippen molar-refractivity contribution >= 4 is 33.1 Å². The van der Waals surface area contributed by atoms with Crippen molar-refractivity contribution in [2.45, 2.75) is 46.6 Å². The molecule has 0 aliphatic heterocycles. The van der Waals surface area contributed by atoms with Gasteiger partial charge in [0.2, 0.25) is 5.91 Å². The summed E-state index contributed by atoms with van der Waals surface area (Å²) >= 11 is 1.41. The van der Waals surface area contributed by atoms with Crippen LogP contribution in [0.2, 0.25) is 0 Å². The summed E-state index contributed by atoms with van der Waals surface area (Å²) in [7, 11) is 0. The van der Waals surface area contributed by atoms with Gasteiger partial charge < -0.3 is 5.32 Å². The number of para-hydroxylation sites is 1. The predicted octanol–water partition coefficient (Wildman–Crippen LogP) is 5.90. The summed E-state index contributed by atoms with van der Waals surface area (Å²) in [6.07, 6.45) is 3.02. The molecule has 0 bridgehead atoms. The standard InChI is InChI=1S/C26H26FN3O2S/c1-5-17-8-7-9-18(6-2)23(17)29-24(31)15(3)30-14-28-25-22(26(30)32)21(16(4)33-25)19-10-12-20(27)13-11-19/h7-15H,5-6H2,1-4H3,(H,29,31)/t15-/m1/s1. The molecule has 5 nitrogen and oxygen atoms in total. The summed E-state index contributed by atoms with van der Waals surface area (Å²) in [4.78, 5) is 32.7. The van der Waals surface area contributed by atoms with Gasteiger partial charge in [-0.15, -0.1) is 11.3 Å². The summed E-state index contributed by atoms with van der Waals surface area (Å²) in [5.41, 5.74) is 4.13. The normalized spacial score (nSPS) is 12.2. The molecular formula is C26H26FN3O2S. The third-order valence-corrected chi connectivity index (χ3v) is 7.00. The van der Waals surface area contributed by atoms with Crippen LogP contribution in [0.25, 0.3) is 21.3 Å². The van der Waals surface area contributed by atoms with Crippen LogP contribution in [-0.4, -0.2) is 15.5 Å². The minimum atomic E-state index is -0.759. The molecule has 4 rings (SSSR count). The van der Waals surface area contributed by atoms with Crippen molar-refractivity contribution in [3.8, 4) is 11.1 Å². The molecule has 1 atom stereocenters. The number of carbonyl (C=O) groups excluding carboxylic acids is 1. The number of rotatable bonds is 6. The van der Waals surface area contributed by atoms with Crippen LogP contribution in [0, 0.1) is 12.7 Å². The number of nitrogens with zero attached hydrogens (tertiary/aromatic N) is 2. The smallest absolute Gasteiger partial charge is 0.263 e. The zero-order valence-corrected chi connectivity index (χ0v) is 19.9. The number of carbonyl (C=O) groups is 1. The van der Waals surface area contributed by atoms with Gasteiger partial charge in [-0.3, -0.25) is 14.2 Å². The molecule has 4 aromatic rings. The number of aromatic nitrogens is 2. The molecule has 33 heavy (non-hydrogen) atoms. The maximum absolute atomic E-state index is 13.5. The molecular weight excluding hydrogens is 437 g/mol. The van der Waals surface area contributed by atoms with E-state index in [0.717, 1.165) is 45.7 Å². The minimum absolute atomic E-state index is 0.274. The highest BCUT2D eigenvalue weighted by molar-refractivity contribution is 7.19. The Hall–Kier alpha value is -3.32. The van der Waals surface area contributed by atoms with Crippen LogP contribution in [0.4, 0.5) is 10.1 Å². The van der Waals surface area contributed by atoms with Gasteiger partial charge in [-0.2, -0.15) is 0 Å². The van der Waals surface area contributed by atoms with Gasteiger partial charge in [0, 0.05) is 16.1 Å². The van der Waals surface area contributed by atoms with Gasteiger partial charge in [-0.05, 0) is 55.5 Å². The van der Waals surface area contributed by atoms with E-state index < -0.39 is 6.04 Å². The second kappa shape index (κ2) is 9.27. The number of aryl methyl sites for hydroxylation is 3. The molecule has 2 aromatic heterocycles. The van der Waals surface area contributed by atoms with Gasteiger partial charge in [0.1, 0.15) is 16.7 Å². The van der Waals surface area contributed by atoms with E-state index in [0.29, 0.717) is 10.2 Å². The second-order valence-electron chi connectivity index (χ2n) is 8.00. The van der Waals surface area contributed by atoms with E-state index >= 15 is 0 Å². The lowest BCUT2D eigenvalue weighted by Gasteiger charge is -2.19. The minimum Gasteiger partial charge on any atom is -0.324 e. The Morgan fingerprint density at radius 2 is 1.76 bits per heavy atom. The topological polar surface area (TPSA) is 64.0 Å². The molecule has 2 heterocycles. The van der Waals surface area contributed by atoms with Crippen molar-refractivity contribution in [3.05, 3.63) is 81.0 Å². The summed E-state index contributed by atoms with van der Waals surface area (Å²) in [6, 6.07) is 11.3. The van der Waals surface area contributed by atoms with Gasteiger partial charge in [0.05, 0.1) is 11.7 Å². The molecule has 0 fully saturated rings. The number of benzene rings is 2. The van der Waals surface area contributed by atoms with Gasteiger partial charge in [-0.25, -0.2) is 9.37 Å². The zero-order valence-electron chi connectivity index (χ0n) is 19.1. The van der Waals surface area contributed by atoms with Crippen molar-refractivity contribution in [2.24, 2.45) is 0 Å². The number of anilines is 1. The number of hydrogen-bond donors (Lipinski definition) is 1. The molecule has 2 aromatic carbocycles. The van der Waals surface area contributed by atoms with E-state index in [1.54, 1.807) is 19.1 Å². The lowest BCUT2D eigenvalue weighted by Crippen LogP contribution is -2.32. The van der Waals surface area contributed by atoms with Crippen LogP contribution in [0.3, 0.4) is 0 Å². The predicted molar refractivity (Wildman–Crippen MR) is 133 cm³/mol. The fourth-order valence-corrected chi connectivity index (χ4v) is 5.12. The Bertz CT molecular complexity index is 1370. The molecule has 0 spiro atoms. The Morgan fingerprint density at radius 1 is 1.12 bits per heavy atom. The van der Waals surface area contributed by atoms with E-state index in [4.69, 9.17) is 0 Å². The maximum Gasteiger partial charge on any atom is 0.263 e. The molecule has 170 valence electrons. The van der Waals surface area contributed by atoms with Gasteiger partial charge in [-0.1, -0.05) is 44.2 Å². The molecule has 0 radical (unpaired) electrons. The summed E-state index contributed by atoms with van der Waals surface area (Å²) < 4.78 is 14.8. The first-order valence-electron chi connectivity index (χ1n) is 11.0. The van der Waals surface area contributed by atoms with E-state index in [2.05, 4.69) is 10.3 Å². The summed E-state index contributed by atoms with van der Waals surface area (Å²) in [5.74, 6) is -0.611. The molecule has 0 aliphatic carbocycles. The first kappa shape index (κ1) is 22.9. The number of halogens is 1. The average Bonchev–Trinajstić information content (AvgIpc) is 3.16. The molecule has 1 amide bonds. The first-order chi connectivity index (χ1) is 15.8. The third-order valence-electron chi connectivity index (χ3n) is 5.99. The highest BCUT2D eigenvalue weighted by Gasteiger charge is 2.23. The monoisotopic (exact) mass is 463 g/mol. The fourth-order valence-electron chi connectivity index (χ4n) is 4.11. The van der Waals surface area contributed by atoms with Crippen molar-refractivity contribution in [1.29, 1.82) is 0 Å². The number of thiophene rings is 1. The number of hydrogen-bond acceptors (Lipinski definition) is 4. The van der Waals surface area contributed by atoms with Crippen LogP contribution in [0.5, 0.6) is 0 Å². The Kier molecular flexibility index (Phi) is 6.42. The lowest BCUT2D eigenvalue weighted by atomic mass is 10.0. The number of fused-ring (bicyclic) bond motifs is 1. The lowest BCUT2D eigenvalue weighted by molar-refractivity contribution is -0.118. The fraction of sp³-hybridized carbons (Fsp3) is 0.269. The molecule has 0 aliphatic rings. The van der Waals surface area contributed by atoms with Gasteiger partial charge in [0.25, 0.3) is 5.56 Å². The molecule has 0 unspecified atom stereocenters. The Labute approximate surface area is 195 Å². The van der Waals surface area contributed by atoms with E-state index in [9.17, 15) is 14.0 Å². The van der Waals surface area contributed by atoms with Crippen molar-refractivity contribution < 1.29 is 9.18 Å². The van der Waals surface area contributed by atoms with Crippen LogP contribution in [0.1, 0.15) is 42.8 Å². The molecule has 7 heteroatoms. The van der Waals surface area contributed by atoms with E-state index in [1.165, 1.54) is 34.4 Å². The average molecular weight is 464 g/mol. The largest absolute Gasteiger partial charge is 0.324 e. The quantitative estimate of drug-likeness (QED) is 0.387. The van der Waals surface area contributed by atoms with Crippen LogP contribution >= 0.6 is 11.3 Å². The van der Waals surface area contributed by atoms with E-state index in [-0.39, 0.29) is 17.3 Å². The number of amides is 1.